The van der Waals surface area contributed by atoms with Crippen LogP contribution in [-0.2, 0) is 17.6 Å². The molecule has 2 N–H and O–H groups in total. The standard InChI is InChI=1S/C11H13NO2/c1-14-11(13)8-3-2-7-5-10(12)6-9(7)4-8/h2-4,10H,5-6,12H2,1H3/t10-/m0/s1. The van der Waals surface area contributed by atoms with Crippen molar-refractivity contribution in [3.05, 3.63) is 34.9 Å². The summed E-state index contributed by atoms with van der Waals surface area (Å²) < 4.78 is 4.65. The fraction of sp³-hybridized carbons (Fsp3) is 0.364. The van der Waals surface area contributed by atoms with Crippen molar-refractivity contribution >= 4 is 5.97 Å². The second-order valence-electron chi connectivity index (χ2n) is 3.64. The van der Waals surface area contributed by atoms with Crippen molar-refractivity contribution in [2.45, 2.75) is 18.9 Å². The maximum absolute atomic E-state index is 11.2. The molecule has 0 fully saturated rings. The smallest absolute Gasteiger partial charge is 0.337 e. The molecule has 3 nitrogen and oxygen atoms in total. The predicted octanol–water partition coefficient (Wildman–Crippen LogP) is 0.899. The highest BCUT2D eigenvalue weighted by Crippen LogP contribution is 2.22. The van der Waals surface area contributed by atoms with E-state index in [0.29, 0.717) is 5.56 Å². The molecule has 0 saturated carbocycles. The van der Waals surface area contributed by atoms with Crippen molar-refractivity contribution in [1.82, 2.24) is 0 Å². The normalized spacial score (nSPS) is 19.1. The Morgan fingerprint density at radius 2 is 2.14 bits per heavy atom. The van der Waals surface area contributed by atoms with Gasteiger partial charge in [-0.25, -0.2) is 4.79 Å². The quantitative estimate of drug-likeness (QED) is 0.671. The molecule has 1 aromatic carbocycles. The van der Waals surface area contributed by atoms with Crippen LogP contribution in [0, 0.1) is 0 Å². The van der Waals surface area contributed by atoms with Gasteiger partial charge in [0.25, 0.3) is 0 Å². The molecule has 1 aliphatic rings. The van der Waals surface area contributed by atoms with Crippen LogP contribution in [0.1, 0.15) is 21.5 Å². The van der Waals surface area contributed by atoms with E-state index in [1.807, 2.05) is 12.1 Å². The van der Waals surface area contributed by atoms with E-state index in [4.69, 9.17) is 5.73 Å². The van der Waals surface area contributed by atoms with Gasteiger partial charge in [0, 0.05) is 6.04 Å². The summed E-state index contributed by atoms with van der Waals surface area (Å²) in [6.45, 7) is 0. The van der Waals surface area contributed by atoms with Crippen LogP contribution in [0.2, 0.25) is 0 Å². The van der Waals surface area contributed by atoms with Crippen molar-refractivity contribution in [2.24, 2.45) is 5.73 Å². The lowest BCUT2D eigenvalue weighted by atomic mass is 10.1. The molecular weight excluding hydrogens is 178 g/mol. The first-order chi connectivity index (χ1) is 6.70. The molecule has 0 unspecified atom stereocenters. The van der Waals surface area contributed by atoms with E-state index in [-0.39, 0.29) is 12.0 Å². The average molecular weight is 191 g/mol. The van der Waals surface area contributed by atoms with E-state index in [2.05, 4.69) is 4.74 Å². The number of esters is 1. The third kappa shape index (κ3) is 1.51. The Balaban J connectivity index is 2.33. The van der Waals surface area contributed by atoms with E-state index >= 15 is 0 Å². The Morgan fingerprint density at radius 3 is 2.86 bits per heavy atom. The number of benzene rings is 1. The number of carbonyl (C=O) groups is 1. The molecule has 0 saturated heterocycles. The van der Waals surface area contributed by atoms with Gasteiger partial charge in [-0.2, -0.15) is 0 Å². The number of hydrogen-bond donors (Lipinski definition) is 1. The molecule has 0 aliphatic heterocycles. The summed E-state index contributed by atoms with van der Waals surface area (Å²) in [5.74, 6) is -0.284. The zero-order chi connectivity index (χ0) is 10.1. The predicted molar refractivity (Wildman–Crippen MR) is 53.2 cm³/mol. The molecule has 0 bridgehead atoms. The number of carbonyl (C=O) groups excluding carboxylic acids is 1. The van der Waals surface area contributed by atoms with Gasteiger partial charge in [0.15, 0.2) is 0 Å². The van der Waals surface area contributed by atoms with Crippen molar-refractivity contribution in [1.29, 1.82) is 0 Å². The highest BCUT2D eigenvalue weighted by Gasteiger charge is 2.19. The minimum atomic E-state index is -0.284. The molecule has 0 aromatic heterocycles. The minimum Gasteiger partial charge on any atom is -0.465 e. The Hall–Kier alpha value is -1.35. The number of nitrogens with two attached hydrogens (primary N) is 1. The molecular formula is C11H13NO2. The summed E-state index contributed by atoms with van der Waals surface area (Å²) in [6.07, 6.45) is 1.77. The summed E-state index contributed by atoms with van der Waals surface area (Å²) in [5.41, 5.74) is 8.87. The third-order valence-electron chi connectivity index (χ3n) is 2.59. The van der Waals surface area contributed by atoms with Crippen LogP contribution in [0.25, 0.3) is 0 Å². The fourth-order valence-electron chi connectivity index (χ4n) is 1.90. The average Bonchev–Trinajstić information content (AvgIpc) is 2.55. The van der Waals surface area contributed by atoms with Gasteiger partial charge >= 0.3 is 5.97 Å². The van der Waals surface area contributed by atoms with Crippen LogP contribution in [0.4, 0.5) is 0 Å². The van der Waals surface area contributed by atoms with Gasteiger partial charge in [-0.3, -0.25) is 0 Å². The number of rotatable bonds is 1. The zero-order valence-corrected chi connectivity index (χ0v) is 8.12. The molecule has 0 heterocycles. The molecule has 3 heteroatoms. The summed E-state index contributed by atoms with van der Waals surface area (Å²) >= 11 is 0. The Morgan fingerprint density at radius 1 is 1.43 bits per heavy atom. The van der Waals surface area contributed by atoms with Crippen LogP contribution in [0.15, 0.2) is 18.2 Å². The molecule has 2 rings (SSSR count). The lowest BCUT2D eigenvalue weighted by molar-refractivity contribution is 0.0600. The lowest BCUT2D eigenvalue weighted by Crippen LogP contribution is -2.19. The van der Waals surface area contributed by atoms with Gasteiger partial charge in [0.2, 0.25) is 0 Å². The van der Waals surface area contributed by atoms with Crippen LogP contribution in [0.3, 0.4) is 0 Å². The summed E-state index contributed by atoms with van der Waals surface area (Å²) in [7, 11) is 1.39. The largest absolute Gasteiger partial charge is 0.465 e. The Kier molecular flexibility index (Phi) is 2.25. The number of methoxy groups -OCH3 is 1. The van der Waals surface area contributed by atoms with E-state index in [9.17, 15) is 4.79 Å². The summed E-state index contributed by atoms with van der Waals surface area (Å²) in [5, 5.41) is 0. The number of fused-ring (bicyclic) bond motifs is 1. The monoisotopic (exact) mass is 191 g/mol. The van der Waals surface area contributed by atoms with Crippen molar-refractivity contribution in [2.75, 3.05) is 7.11 Å². The lowest BCUT2D eigenvalue weighted by Gasteiger charge is -2.02. The first-order valence-electron chi connectivity index (χ1n) is 4.66. The van der Waals surface area contributed by atoms with Gasteiger partial charge in [-0.15, -0.1) is 0 Å². The van der Waals surface area contributed by atoms with Crippen LogP contribution < -0.4 is 5.73 Å². The Labute approximate surface area is 82.9 Å². The number of ether oxygens (including phenoxy) is 1. The van der Waals surface area contributed by atoms with Gasteiger partial charge in [-0.1, -0.05) is 6.07 Å². The first-order valence-corrected chi connectivity index (χ1v) is 4.66. The third-order valence-corrected chi connectivity index (χ3v) is 2.59. The minimum absolute atomic E-state index is 0.206. The molecule has 74 valence electrons. The van der Waals surface area contributed by atoms with E-state index in [1.54, 1.807) is 6.07 Å². The summed E-state index contributed by atoms with van der Waals surface area (Å²) in [4.78, 5) is 11.2. The second kappa shape index (κ2) is 3.42. The zero-order valence-electron chi connectivity index (χ0n) is 8.12. The molecule has 0 spiro atoms. The SMILES string of the molecule is COC(=O)c1ccc2c(c1)C[C@@H](N)C2. The topological polar surface area (TPSA) is 52.3 Å². The van der Waals surface area contributed by atoms with Crippen LogP contribution >= 0.6 is 0 Å². The van der Waals surface area contributed by atoms with Crippen molar-refractivity contribution < 1.29 is 9.53 Å². The van der Waals surface area contributed by atoms with Gasteiger partial charge < -0.3 is 10.5 Å². The van der Waals surface area contributed by atoms with Gasteiger partial charge in [-0.05, 0) is 36.1 Å². The Bertz CT molecular complexity index is 374. The van der Waals surface area contributed by atoms with Crippen molar-refractivity contribution in [3.63, 3.8) is 0 Å². The van der Waals surface area contributed by atoms with Crippen LogP contribution in [-0.4, -0.2) is 19.1 Å². The maximum Gasteiger partial charge on any atom is 0.337 e. The molecule has 1 aromatic rings. The molecule has 0 amide bonds. The van der Waals surface area contributed by atoms with Gasteiger partial charge in [0.1, 0.15) is 0 Å². The van der Waals surface area contributed by atoms with E-state index < -0.39 is 0 Å². The van der Waals surface area contributed by atoms with E-state index in [0.717, 1.165) is 12.8 Å². The second-order valence-corrected chi connectivity index (χ2v) is 3.64. The van der Waals surface area contributed by atoms with E-state index in [1.165, 1.54) is 18.2 Å². The highest BCUT2D eigenvalue weighted by molar-refractivity contribution is 5.89. The highest BCUT2D eigenvalue weighted by atomic mass is 16.5. The fourth-order valence-corrected chi connectivity index (χ4v) is 1.90. The van der Waals surface area contributed by atoms with Gasteiger partial charge in [0.05, 0.1) is 12.7 Å². The molecule has 1 atom stereocenters. The molecule has 1 aliphatic carbocycles. The van der Waals surface area contributed by atoms with Crippen LogP contribution in [0.5, 0.6) is 0 Å². The molecule has 14 heavy (non-hydrogen) atoms. The van der Waals surface area contributed by atoms with Crippen molar-refractivity contribution in [3.8, 4) is 0 Å². The number of hydrogen-bond acceptors (Lipinski definition) is 3. The summed E-state index contributed by atoms with van der Waals surface area (Å²) in [6, 6.07) is 5.85. The maximum atomic E-state index is 11.2. The molecule has 0 radical (unpaired) electrons. The first kappa shape index (κ1) is 9.21.